The van der Waals surface area contributed by atoms with Crippen molar-refractivity contribution in [3.05, 3.63) is 0 Å². The summed E-state index contributed by atoms with van der Waals surface area (Å²) in [5.74, 6) is -0.458. The van der Waals surface area contributed by atoms with Crippen LogP contribution in [0.15, 0.2) is 0 Å². The summed E-state index contributed by atoms with van der Waals surface area (Å²) in [6.07, 6.45) is 0.723. The molecule has 2 rings (SSSR count). The highest BCUT2D eigenvalue weighted by Crippen LogP contribution is 2.39. The number of carbonyl (C=O) groups is 1. The third kappa shape index (κ3) is 1.72. The molecule has 0 N–H and O–H groups in total. The molecule has 16 heavy (non-hydrogen) atoms. The van der Waals surface area contributed by atoms with Crippen molar-refractivity contribution in [2.24, 2.45) is 5.92 Å². The monoisotopic (exact) mass is 243 g/mol. The van der Waals surface area contributed by atoms with Gasteiger partial charge < -0.3 is 14.4 Å². The van der Waals surface area contributed by atoms with E-state index in [0.717, 1.165) is 6.42 Å². The molecule has 5 heteroatoms. The molecular weight excluding hydrogens is 226 g/mol. The highest BCUT2D eigenvalue weighted by molar-refractivity contribution is 7.80. The van der Waals surface area contributed by atoms with Gasteiger partial charge in [-0.2, -0.15) is 0 Å². The molecule has 2 aliphatic rings. The van der Waals surface area contributed by atoms with Crippen LogP contribution in [0.3, 0.4) is 0 Å². The van der Waals surface area contributed by atoms with E-state index in [2.05, 4.69) is 0 Å². The molecule has 0 radical (unpaired) electrons. The third-order valence-corrected chi connectivity index (χ3v) is 3.67. The number of rotatable bonds is 2. The average Bonchev–Trinajstić information content (AvgIpc) is 2.67. The minimum Gasteiger partial charge on any atom is -0.465 e. The van der Waals surface area contributed by atoms with Crippen LogP contribution in [-0.4, -0.2) is 40.8 Å². The molecule has 2 saturated heterocycles. The smallest absolute Gasteiger partial charge is 0.315 e. The number of fused-ring (bicyclic) bond motifs is 1. The number of esters is 1. The van der Waals surface area contributed by atoms with Gasteiger partial charge in [0.2, 0.25) is 0 Å². The van der Waals surface area contributed by atoms with Gasteiger partial charge in [0.15, 0.2) is 0 Å². The molecule has 0 amide bonds. The fourth-order valence-corrected chi connectivity index (χ4v) is 3.04. The highest BCUT2D eigenvalue weighted by atomic mass is 32.1. The molecule has 4 nitrogen and oxygen atoms in total. The Kier molecular flexibility index (Phi) is 2.92. The second-order valence-corrected chi connectivity index (χ2v) is 5.08. The Morgan fingerprint density at radius 3 is 2.94 bits per heavy atom. The minimum absolute atomic E-state index is 0.197. The molecule has 0 aromatic heterocycles. The summed E-state index contributed by atoms with van der Waals surface area (Å²) in [4.78, 5) is 14.4. The Bertz CT molecular complexity index is 329. The van der Waals surface area contributed by atoms with E-state index in [4.69, 9.17) is 21.7 Å². The summed E-state index contributed by atoms with van der Waals surface area (Å²) in [5.41, 5.74) is -0.386. The second-order valence-electron chi connectivity index (χ2n) is 4.66. The lowest BCUT2D eigenvalue weighted by atomic mass is 10.1. The van der Waals surface area contributed by atoms with Crippen molar-refractivity contribution in [2.75, 3.05) is 13.2 Å². The predicted molar refractivity (Wildman–Crippen MR) is 63.0 cm³/mol. The molecule has 0 bridgehead atoms. The van der Waals surface area contributed by atoms with Crippen LogP contribution in [0.25, 0.3) is 0 Å². The maximum absolute atomic E-state index is 11.7. The van der Waals surface area contributed by atoms with Crippen LogP contribution in [-0.2, 0) is 14.3 Å². The van der Waals surface area contributed by atoms with Gasteiger partial charge in [-0.15, -0.1) is 0 Å². The van der Waals surface area contributed by atoms with E-state index in [1.54, 1.807) is 0 Å². The van der Waals surface area contributed by atoms with Gasteiger partial charge in [-0.05, 0) is 27.2 Å². The Hall–Kier alpha value is -0.680. The first-order valence-electron chi connectivity index (χ1n) is 5.61. The molecule has 0 spiro atoms. The predicted octanol–water partition coefficient (Wildman–Crippen LogP) is 1.33. The molecule has 90 valence electrons. The van der Waals surface area contributed by atoms with Crippen molar-refractivity contribution < 1.29 is 14.3 Å². The van der Waals surface area contributed by atoms with Crippen LogP contribution in [0.5, 0.6) is 0 Å². The van der Waals surface area contributed by atoms with Gasteiger partial charge in [0.25, 0.3) is 0 Å². The largest absolute Gasteiger partial charge is 0.465 e. The van der Waals surface area contributed by atoms with E-state index in [1.165, 1.54) is 0 Å². The fraction of sp³-hybridized carbons (Fsp3) is 0.818. The summed E-state index contributed by atoms with van der Waals surface area (Å²) < 4.78 is 10.7. The Balaban J connectivity index is 2.13. The maximum Gasteiger partial charge on any atom is 0.315 e. The number of hydrogen-bond donors (Lipinski definition) is 0. The Morgan fingerprint density at radius 1 is 1.69 bits per heavy atom. The average molecular weight is 243 g/mol. The third-order valence-electron chi connectivity index (χ3n) is 3.19. The Morgan fingerprint density at radius 2 is 2.38 bits per heavy atom. The van der Waals surface area contributed by atoms with Gasteiger partial charge in [0.05, 0.1) is 24.2 Å². The number of carbonyl (C=O) groups excluding carboxylic acids is 1. The van der Waals surface area contributed by atoms with Crippen LogP contribution in [0.4, 0.5) is 0 Å². The van der Waals surface area contributed by atoms with Crippen LogP contribution in [0, 0.1) is 5.92 Å². The topological polar surface area (TPSA) is 38.8 Å². The molecule has 0 saturated carbocycles. The zero-order chi connectivity index (χ0) is 11.9. The lowest BCUT2D eigenvalue weighted by molar-refractivity contribution is -0.145. The summed E-state index contributed by atoms with van der Waals surface area (Å²) in [7, 11) is 0. The van der Waals surface area contributed by atoms with Crippen molar-refractivity contribution in [3.8, 4) is 0 Å². The summed E-state index contributed by atoms with van der Waals surface area (Å²) in [6.45, 7) is 6.81. The summed E-state index contributed by atoms with van der Waals surface area (Å²) in [6, 6.07) is 0.233. The molecule has 0 aromatic rings. The molecule has 2 atom stereocenters. The van der Waals surface area contributed by atoms with Gasteiger partial charge in [-0.1, -0.05) is 12.2 Å². The Labute approximate surface area is 101 Å². The summed E-state index contributed by atoms with van der Waals surface area (Å²) >= 11 is 5.36. The number of hydrogen-bond acceptors (Lipinski definition) is 4. The zero-order valence-electron chi connectivity index (χ0n) is 9.86. The van der Waals surface area contributed by atoms with E-state index < -0.39 is 0 Å². The van der Waals surface area contributed by atoms with E-state index in [9.17, 15) is 4.79 Å². The van der Waals surface area contributed by atoms with Crippen molar-refractivity contribution in [2.45, 2.75) is 39.0 Å². The fourth-order valence-electron chi connectivity index (χ4n) is 2.48. The molecular formula is C11H17NO3S. The van der Waals surface area contributed by atoms with E-state index in [0.29, 0.717) is 18.2 Å². The number of thiocarbonyl (C=S) groups is 1. The molecule has 1 unspecified atom stereocenters. The van der Waals surface area contributed by atoms with Crippen LogP contribution >= 0.6 is 12.2 Å². The molecule has 2 aliphatic heterocycles. The van der Waals surface area contributed by atoms with E-state index in [-0.39, 0.29) is 23.7 Å². The normalized spacial score (nSPS) is 31.7. The van der Waals surface area contributed by atoms with Gasteiger partial charge >= 0.3 is 5.97 Å². The lowest BCUT2D eigenvalue weighted by Gasteiger charge is -2.31. The molecule has 0 aromatic carbocycles. The summed E-state index contributed by atoms with van der Waals surface area (Å²) in [5, 5.41) is 0. The van der Waals surface area contributed by atoms with E-state index in [1.807, 2.05) is 25.7 Å². The van der Waals surface area contributed by atoms with Gasteiger partial charge in [0, 0.05) is 0 Å². The quantitative estimate of drug-likeness (QED) is 0.540. The first kappa shape index (κ1) is 11.8. The molecule has 2 heterocycles. The van der Waals surface area contributed by atoms with Crippen molar-refractivity contribution in [3.63, 3.8) is 0 Å². The highest BCUT2D eigenvalue weighted by Gasteiger charge is 2.51. The van der Waals surface area contributed by atoms with Crippen molar-refractivity contribution in [1.82, 2.24) is 4.90 Å². The van der Waals surface area contributed by atoms with Gasteiger partial charge in [-0.25, -0.2) is 0 Å². The van der Waals surface area contributed by atoms with Crippen molar-refractivity contribution in [1.29, 1.82) is 0 Å². The van der Waals surface area contributed by atoms with Crippen LogP contribution in [0.2, 0.25) is 0 Å². The van der Waals surface area contributed by atoms with Gasteiger partial charge in [-0.3, -0.25) is 4.79 Å². The number of nitrogens with zero attached hydrogens (tertiary/aromatic N) is 1. The van der Waals surface area contributed by atoms with Crippen LogP contribution < -0.4 is 0 Å². The zero-order valence-corrected chi connectivity index (χ0v) is 10.7. The van der Waals surface area contributed by atoms with Crippen molar-refractivity contribution >= 4 is 23.2 Å². The SMILES string of the molecule is CCOC(=O)C1C[C@H]2COC(C)(C)N2C1=S. The first-order chi connectivity index (χ1) is 7.47. The number of ether oxygens (including phenoxy) is 2. The van der Waals surface area contributed by atoms with Crippen LogP contribution in [0.1, 0.15) is 27.2 Å². The first-order valence-corrected chi connectivity index (χ1v) is 6.02. The molecule has 2 fully saturated rings. The standard InChI is InChI=1S/C11H17NO3S/c1-4-14-10(13)8-5-7-6-15-11(2,3)12(7)9(8)16/h7-8H,4-6H2,1-3H3/t7-,8?/m0/s1. The lowest BCUT2D eigenvalue weighted by Crippen LogP contribution is -2.44. The molecule has 0 aliphatic carbocycles. The maximum atomic E-state index is 11.7. The van der Waals surface area contributed by atoms with Gasteiger partial charge in [0.1, 0.15) is 11.6 Å². The minimum atomic E-state index is -0.386. The van der Waals surface area contributed by atoms with E-state index >= 15 is 0 Å². The second kappa shape index (κ2) is 3.96.